The van der Waals surface area contributed by atoms with E-state index < -0.39 is 0 Å². The minimum atomic E-state index is -0.245. The van der Waals surface area contributed by atoms with E-state index in [1.54, 1.807) is 0 Å². The van der Waals surface area contributed by atoms with Crippen LogP contribution >= 0.6 is 11.3 Å². The minimum absolute atomic E-state index is 0.0267. The van der Waals surface area contributed by atoms with Gasteiger partial charge in [-0.15, -0.1) is 11.3 Å². The number of hydrogen-bond acceptors (Lipinski definition) is 5. The number of nitrogens with zero attached hydrogens (tertiary/aromatic N) is 1. The molecular weight excluding hydrogens is 346 g/mol. The SMILES string of the molecule is O=C(NCC(c1ccccc1)N1CCc2sccc2C1)C1COCCN1. The number of carbonyl (C=O) groups is 1. The van der Waals surface area contributed by atoms with E-state index in [-0.39, 0.29) is 18.0 Å². The van der Waals surface area contributed by atoms with Crippen molar-refractivity contribution < 1.29 is 9.53 Å². The first-order chi connectivity index (χ1) is 12.8. The second-order valence-electron chi connectivity index (χ2n) is 6.84. The maximum absolute atomic E-state index is 12.5. The first kappa shape index (κ1) is 17.7. The average Bonchev–Trinajstić information content (AvgIpc) is 3.17. The van der Waals surface area contributed by atoms with Crippen LogP contribution in [0.3, 0.4) is 0 Å². The zero-order valence-electron chi connectivity index (χ0n) is 14.8. The summed E-state index contributed by atoms with van der Waals surface area (Å²) in [5.74, 6) is 0.0267. The van der Waals surface area contributed by atoms with Gasteiger partial charge in [0.2, 0.25) is 5.91 Å². The summed E-state index contributed by atoms with van der Waals surface area (Å²) in [6, 6.07) is 12.7. The molecule has 1 aromatic carbocycles. The zero-order chi connectivity index (χ0) is 17.8. The van der Waals surface area contributed by atoms with Crippen LogP contribution in [0.1, 0.15) is 22.0 Å². The molecule has 4 rings (SSSR count). The summed E-state index contributed by atoms with van der Waals surface area (Å²) in [7, 11) is 0. The lowest BCUT2D eigenvalue weighted by atomic mass is 10.0. The molecule has 2 atom stereocenters. The average molecular weight is 372 g/mol. The quantitative estimate of drug-likeness (QED) is 0.844. The first-order valence-electron chi connectivity index (χ1n) is 9.24. The van der Waals surface area contributed by atoms with Gasteiger partial charge in [0.15, 0.2) is 0 Å². The molecular formula is C20H25N3O2S. The third-order valence-electron chi connectivity index (χ3n) is 5.17. The Balaban J connectivity index is 1.46. The molecule has 1 saturated heterocycles. The summed E-state index contributed by atoms with van der Waals surface area (Å²) in [4.78, 5) is 16.5. The van der Waals surface area contributed by atoms with Crippen LogP contribution in [0.5, 0.6) is 0 Å². The number of fused-ring (bicyclic) bond motifs is 1. The molecule has 0 radical (unpaired) electrons. The Morgan fingerprint density at radius 2 is 2.23 bits per heavy atom. The summed E-state index contributed by atoms with van der Waals surface area (Å²) in [5, 5.41) is 8.55. The smallest absolute Gasteiger partial charge is 0.239 e. The van der Waals surface area contributed by atoms with Crippen LogP contribution in [-0.2, 0) is 22.5 Å². The number of ether oxygens (including phenoxy) is 1. The molecule has 1 amide bonds. The molecule has 1 aromatic heterocycles. The zero-order valence-corrected chi connectivity index (χ0v) is 15.6. The van der Waals surface area contributed by atoms with Crippen molar-refractivity contribution in [1.29, 1.82) is 0 Å². The van der Waals surface area contributed by atoms with Gasteiger partial charge in [-0.25, -0.2) is 0 Å². The van der Waals surface area contributed by atoms with Gasteiger partial charge in [0, 0.05) is 31.1 Å². The number of hydrogen-bond donors (Lipinski definition) is 2. The van der Waals surface area contributed by atoms with E-state index in [1.807, 2.05) is 17.4 Å². The Morgan fingerprint density at radius 1 is 1.35 bits per heavy atom. The number of rotatable bonds is 5. The molecule has 138 valence electrons. The Kier molecular flexibility index (Phi) is 5.65. The summed E-state index contributed by atoms with van der Waals surface area (Å²) < 4.78 is 5.41. The van der Waals surface area contributed by atoms with Crippen molar-refractivity contribution >= 4 is 17.2 Å². The van der Waals surface area contributed by atoms with Crippen molar-refractivity contribution in [2.45, 2.75) is 25.0 Å². The van der Waals surface area contributed by atoms with E-state index in [0.717, 1.165) is 26.1 Å². The summed E-state index contributed by atoms with van der Waals surface area (Å²) >= 11 is 1.85. The largest absolute Gasteiger partial charge is 0.378 e. The van der Waals surface area contributed by atoms with Crippen molar-refractivity contribution in [3.63, 3.8) is 0 Å². The highest BCUT2D eigenvalue weighted by Crippen LogP contribution is 2.30. The van der Waals surface area contributed by atoms with Gasteiger partial charge in [-0.1, -0.05) is 30.3 Å². The summed E-state index contributed by atoms with van der Waals surface area (Å²) in [5.41, 5.74) is 2.68. The molecule has 5 nitrogen and oxygen atoms in total. The van der Waals surface area contributed by atoms with Gasteiger partial charge in [-0.3, -0.25) is 9.69 Å². The van der Waals surface area contributed by atoms with Crippen molar-refractivity contribution in [2.24, 2.45) is 0 Å². The first-order valence-corrected chi connectivity index (χ1v) is 10.1. The Labute approximate surface area is 158 Å². The topological polar surface area (TPSA) is 53.6 Å². The fourth-order valence-corrected chi connectivity index (χ4v) is 4.61. The molecule has 2 unspecified atom stereocenters. The molecule has 2 aliphatic heterocycles. The predicted molar refractivity (Wildman–Crippen MR) is 103 cm³/mol. The van der Waals surface area contributed by atoms with Crippen molar-refractivity contribution in [1.82, 2.24) is 15.5 Å². The molecule has 3 heterocycles. The van der Waals surface area contributed by atoms with E-state index >= 15 is 0 Å². The van der Waals surface area contributed by atoms with Gasteiger partial charge in [0.1, 0.15) is 6.04 Å². The van der Waals surface area contributed by atoms with E-state index in [1.165, 1.54) is 16.0 Å². The lowest BCUT2D eigenvalue weighted by molar-refractivity contribution is -0.126. The number of nitrogens with one attached hydrogen (secondary N) is 2. The van der Waals surface area contributed by atoms with Crippen LogP contribution in [0.2, 0.25) is 0 Å². The van der Waals surface area contributed by atoms with Gasteiger partial charge >= 0.3 is 0 Å². The number of amides is 1. The maximum atomic E-state index is 12.5. The summed E-state index contributed by atoms with van der Waals surface area (Å²) in [6.45, 7) is 4.43. The van der Waals surface area contributed by atoms with Crippen LogP contribution < -0.4 is 10.6 Å². The number of benzene rings is 1. The van der Waals surface area contributed by atoms with Crippen LogP contribution in [0, 0.1) is 0 Å². The number of carbonyl (C=O) groups excluding carboxylic acids is 1. The second-order valence-corrected chi connectivity index (χ2v) is 7.84. The lowest BCUT2D eigenvalue weighted by Crippen LogP contribution is -2.52. The van der Waals surface area contributed by atoms with Crippen molar-refractivity contribution in [3.05, 3.63) is 57.8 Å². The standard InChI is InChI=1S/C20H25N3O2S/c24-20(17-14-25-10-8-21-17)22-12-18(15-4-2-1-3-5-15)23-9-6-19-16(13-23)7-11-26-19/h1-5,7,11,17-18,21H,6,8-10,12-14H2,(H,22,24). The summed E-state index contributed by atoms with van der Waals surface area (Å²) in [6.07, 6.45) is 1.09. The van der Waals surface area contributed by atoms with Gasteiger partial charge in [0.05, 0.1) is 19.3 Å². The van der Waals surface area contributed by atoms with E-state index in [0.29, 0.717) is 19.8 Å². The second kappa shape index (κ2) is 8.31. The van der Waals surface area contributed by atoms with Gasteiger partial charge in [-0.2, -0.15) is 0 Å². The van der Waals surface area contributed by atoms with Crippen LogP contribution in [0.15, 0.2) is 41.8 Å². The molecule has 0 saturated carbocycles. The van der Waals surface area contributed by atoms with Gasteiger partial charge in [-0.05, 0) is 29.0 Å². The van der Waals surface area contributed by atoms with Gasteiger partial charge in [0.25, 0.3) is 0 Å². The monoisotopic (exact) mass is 371 g/mol. The van der Waals surface area contributed by atoms with E-state index in [2.05, 4.69) is 51.2 Å². The van der Waals surface area contributed by atoms with Crippen molar-refractivity contribution in [2.75, 3.05) is 32.8 Å². The molecule has 0 spiro atoms. The van der Waals surface area contributed by atoms with Crippen LogP contribution in [0.4, 0.5) is 0 Å². The highest BCUT2D eigenvalue weighted by atomic mass is 32.1. The highest BCUT2D eigenvalue weighted by molar-refractivity contribution is 7.10. The third kappa shape index (κ3) is 3.99. The molecule has 0 aliphatic carbocycles. The predicted octanol–water partition coefficient (Wildman–Crippen LogP) is 1.95. The third-order valence-corrected chi connectivity index (χ3v) is 6.19. The fourth-order valence-electron chi connectivity index (χ4n) is 3.72. The van der Waals surface area contributed by atoms with E-state index in [4.69, 9.17) is 4.74 Å². The maximum Gasteiger partial charge on any atom is 0.239 e. The molecule has 2 N–H and O–H groups in total. The minimum Gasteiger partial charge on any atom is -0.378 e. The molecule has 1 fully saturated rings. The number of morpholine rings is 1. The fraction of sp³-hybridized carbons (Fsp3) is 0.450. The Hall–Kier alpha value is -1.73. The highest BCUT2D eigenvalue weighted by Gasteiger charge is 2.27. The van der Waals surface area contributed by atoms with Gasteiger partial charge < -0.3 is 15.4 Å². The van der Waals surface area contributed by atoms with Crippen LogP contribution in [-0.4, -0.2) is 49.7 Å². The molecule has 2 aromatic rings. The van der Waals surface area contributed by atoms with E-state index in [9.17, 15) is 4.79 Å². The number of thiophene rings is 1. The molecule has 6 heteroatoms. The molecule has 26 heavy (non-hydrogen) atoms. The molecule has 0 bridgehead atoms. The molecule has 2 aliphatic rings. The Morgan fingerprint density at radius 3 is 3.04 bits per heavy atom. The van der Waals surface area contributed by atoms with Crippen LogP contribution in [0.25, 0.3) is 0 Å². The Bertz CT molecular complexity index is 728. The lowest BCUT2D eigenvalue weighted by Gasteiger charge is -2.35. The normalized spacial score (nSPS) is 21.8. The van der Waals surface area contributed by atoms with Crippen molar-refractivity contribution in [3.8, 4) is 0 Å².